The third-order valence-corrected chi connectivity index (χ3v) is 3.79. The van der Waals surface area contributed by atoms with Gasteiger partial charge < -0.3 is 4.90 Å². The van der Waals surface area contributed by atoms with Crippen LogP contribution in [0.2, 0.25) is 0 Å². The zero-order valence-corrected chi connectivity index (χ0v) is 11.5. The predicted octanol–water partition coefficient (Wildman–Crippen LogP) is 0.248. The molecule has 0 aromatic rings. The molecular formula is C14H23N3O. The van der Waals surface area contributed by atoms with Gasteiger partial charge in [-0.1, -0.05) is 11.8 Å². The summed E-state index contributed by atoms with van der Waals surface area (Å²) < 4.78 is 0. The summed E-state index contributed by atoms with van der Waals surface area (Å²) >= 11 is 0. The highest BCUT2D eigenvalue weighted by Gasteiger charge is 2.32. The topological polar surface area (TPSA) is 26.8 Å². The zero-order valence-electron chi connectivity index (χ0n) is 11.5. The summed E-state index contributed by atoms with van der Waals surface area (Å²) in [6.07, 6.45) is 3.53. The summed E-state index contributed by atoms with van der Waals surface area (Å²) in [6, 6.07) is 0.0605. The normalized spacial score (nSPS) is 24.7. The number of likely N-dealkylation sites (tertiary alicyclic amines) is 2. The number of hydrogen-bond acceptors (Lipinski definition) is 3. The molecule has 2 heterocycles. The number of amides is 1. The second kappa shape index (κ2) is 6.21. The van der Waals surface area contributed by atoms with Gasteiger partial charge >= 0.3 is 0 Å². The van der Waals surface area contributed by atoms with Crippen molar-refractivity contribution < 1.29 is 4.79 Å². The molecule has 1 unspecified atom stereocenters. The average molecular weight is 249 g/mol. The second-order valence-corrected chi connectivity index (χ2v) is 5.36. The second-order valence-electron chi connectivity index (χ2n) is 5.36. The number of likely N-dealkylation sites (N-methyl/N-ethyl adjacent to an activating group) is 1. The first-order chi connectivity index (χ1) is 8.68. The van der Waals surface area contributed by atoms with Crippen LogP contribution in [0.1, 0.15) is 19.3 Å². The number of hydrogen-bond donors (Lipinski definition) is 0. The molecular weight excluding hydrogens is 226 g/mol. The van der Waals surface area contributed by atoms with E-state index in [0.29, 0.717) is 6.54 Å². The smallest absolute Gasteiger partial charge is 0.240 e. The summed E-state index contributed by atoms with van der Waals surface area (Å²) in [5.41, 5.74) is 0. The Morgan fingerprint density at radius 2 is 1.83 bits per heavy atom. The molecule has 4 nitrogen and oxygen atoms in total. The first kappa shape index (κ1) is 13.4. The fraction of sp³-hybridized carbons (Fsp3) is 0.786. The first-order valence-corrected chi connectivity index (χ1v) is 6.82. The van der Waals surface area contributed by atoms with Crippen molar-refractivity contribution in [1.82, 2.24) is 14.7 Å². The van der Waals surface area contributed by atoms with E-state index in [-0.39, 0.29) is 11.9 Å². The monoisotopic (exact) mass is 249 g/mol. The zero-order chi connectivity index (χ0) is 13.0. The average Bonchev–Trinajstić information content (AvgIpc) is 2.95. The Hall–Kier alpha value is -1.05. The molecule has 0 radical (unpaired) electrons. The van der Waals surface area contributed by atoms with E-state index in [0.717, 1.165) is 19.5 Å². The Bertz CT molecular complexity index is 350. The van der Waals surface area contributed by atoms with Crippen molar-refractivity contribution in [2.75, 3.05) is 46.8 Å². The molecule has 2 aliphatic rings. The summed E-state index contributed by atoms with van der Waals surface area (Å²) in [6.45, 7) is 4.66. The minimum Gasteiger partial charge on any atom is -0.330 e. The highest BCUT2D eigenvalue weighted by atomic mass is 16.2. The lowest BCUT2D eigenvalue weighted by Gasteiger charge is -2.18. The van der Waals surface area contributed by atoms with E-state index in [1.807, 2.05) is 23.9 Å². The van der Waals surface area contributed by atoms with Gasteiger partial charge in [-0.25, -0.2) is 0 Å². The molecule has 0 N–H and O–H groups in total. The van der Waals surface area contributed by atoms with E-state index in [2.05, 4.69) is 16.7 Å². The van der Waals surface area contributed by atoms with Gasteiger partial charge in [-0.3, -0.25) is 14.6 Å². The Labute approximate surface area is 110 Å². The quantitative estimate of drug-likeness (QED) is 0.671. The maximum absolute atomic E-state index is 12.0. The third kappa shape index (κ3) is 3.24. The van der Waals surface area contributed by atoms with Gasteiger partial charge in [-0.05, 0) is 46.4 Å². The van der Waals surface area contributed by atoms with Gasteiger partial charge in [-0.2, -0.15) is 0 Å². The molecule has 0 spiro atoms. The van der Waals surface area contributed by atoms with Crippen molar-refractivity contribution in [2.45, 2.75) is 25.3 Å². The van der Waals surface area contributed by atoms with Gasteiger partial charge in [0.05, 0.1) is 19.1 Å². The molecule has 2 aliphatic heterocycles. The predicted molar refractivity (Wildman–Crippen MR) is 72.1 cm³/mol. The molecule has 0 aliphatic carbocycles. The van der Waals surface area contributed by atoms with E-state index in [1.165, 1.54) is 25.9 Å². The van der Waals surface area contributed by atoms with Crippen LogP contribution in [0, 0.1) is 11.8 Å². The van der Waals surface area contributed by atoms with Gasteiger partial charge in [0.25, 0.3) is 0 Å². The lowest BCUT2D eigenvalue weighted by atomic mass is 10.2. The lowest BCUT2D eigenvalue weighted by molar-refractivity contribution is -0.130. The van der Waals surface area contributed by atoms with Crippen molar-refractivity contribution >= 4 is 5.91 Å². The molecule has 4 heteroatoms. The fourth-order valence-electron chi connectivity index (χ4n) is 2.62. The highest BCUT2D eigenvalue weighted by Crippen LogP contribution is 2.14. The van der Waals surface area contributed by atoms with Gasteiger partial charge in [-0.15, -0.1) is 0 Å². The highest BCUT2D eigenvalue weighted by molar-refractivity contribution is 5.84. The van der Waals surface area contributed by atoms with Gasteiger partial charge in [0.15, 0.2) is 0 Å². The van der Waals surface area contributed by atoms with Crippen LogP contribution < -0.4 is 0 Å². The van der Waals surface area contributed by atoms with Crippen molar-refractivity contribution in [1.29, 1.82) is 0 Å². The minimum absolute atomic E-state index is 0.0605. The molecule has 0 aromatic heterocycles. The molecule has 2 fully saturated rings. The molecule has 2 saturated heterocycles. The molecule has 0 aromatic carbocycles. The van der Waals surface area contributed by atoms with Crippen LogP contribution in [0.25, 0.3) is 0 Å². The maximum Gasteiger partial charge on any atom is 0.240 e. The molecule has 1 amide bonds. The summed E-state index contributed by atoms with van der Waals surface area (Å²) in [5, 5.41) is 0. The van der Waals surface area contributed by atoms with Gasteiger partial charge in [0.2, 0.25) is 5.91 Å². The largest absolute Gasteiger partial charge is 0.330 e. The molecule has 2 rings (SSSR count). The standard InChI is InChI=1S/C14H23N3O/c1-15(2)13-7-12-17(14(13)18)11-6-5-10-16-8-3-4-9-16/h13H,3-4,7-12H2,1-2H3. The van der Waals surface area contributed by atoms with Crippen molar-refractivity contribution in [2.24, 2.45) is 0 Å². The van der Waals surface area contributed by atoms with E-state index in [1.54, 1.807) is 0 Å². The van der Waals surface area contributed by atoms with Crippen molar-refractivity contribution in [3.63, 3.8) is 0 Å². The van der Waals surface area contributed by atoms with E-state index < -0.39 is 0 Å². The lowest BCUT2D eigenvalue weighted by Crippen LogP contribution is -2.37. The van der Waals surface area contributed by atoms with Crippen LogP contribution in [-0.2, 0) is 4.79 Å². The first-order valence-electron chi connectivity index (χ1n) is 6.82. The molecule has 0 bridgehead atoms. The molecule has 18 heavy (non-hydrogen) atoms. The SMILES string of the molecule is CN(C)C1CCN(CC#CCN2CCCC2)C1=O. The Balaban J connectivity index is 1.74. The summed E-state index contributed by atoms with van der Waals surface area (Å²) in [4.78, 5) is 18.3. The number of nitrogens with zero attached hydrogens (tertiary/aromatic N) is 3. The minimum atomic E-state index is 0.0605. The van der Waals surface area contributed by atoms with Crippen molar-refractivity contribution in [3.8, 4) is 11.8 Å². The summed E-state index contributed by atoms with van der Waals surface area (Å²) in [7, 11) is 3.93. The number of carbonyl (C=O) groups is 1. The number of carbonyl (C=O) groups excluding carboxylic acids is 1. The van der Waals surface area contributed by atoms with Crippen LogP contribution in [-0.4, -0.2) is 73.5 Å². The van der Waals surface area contributed by atoms with Gasteiger partial charge in [0, 0.05) is 6.54 Å². The number of rotatable bonds is 3. The van der Waals surface area contributed by atoms with E-state index >= 15 is 0 Å². The van der Waals surface area contributed by atoms with E-state index in [9.17, 15) is 4.79 Å². The van der Waals surface area contributed by atoms with E-state index in [4.69, 9.17) is 0 Å². The van der Waals surface area contributed by atoms with Gasteiger partial charge in [0.1, 0.15) is 0 Å². The van der Waals surface area contributed by atoms with Crippen LogP contribution in [0.3, 0.4) is 0 Å². The molecule has 100 valence electrons. The van der Waals surface area contributed by atoms with Crippen LogP contribution in [0.5, 0.6) is 0 Å². The Morgan fingerprint density at radius 3 is 2.44 bits per heavy atom. The van der Waals surface area contributed by atoms with Crippen LogP contribution in [0.15, 0.2) is 0 Å². The van der Waals surface area contributed by atoms with Crippen LogP contribution >= 0.6 is 0 Å². The van der Waals surface area contributed by atoms with Crippen LogP contribution in [0.4, 0.5) is 0 Å². The maximum atomic E-state index is 12.0. The third-order valence-electron chi connectivity index (χ3n) is 3.79. The fourth-order valence-corrected chi connectivity index (χ4v) is 2.62. The summed E-state index contributed by atoms with van der Waals surface area (Å²) in [5.74, 6) is 6.56. The Kier molecular flexibility index (Phi) is 4.62. The molecule has 1 atom stereocenters. The molecule has 0 saturated carbocycles. The Morgan fingerprint density at radius 1 is 1.17 bits per heavy atom. The van der Waals surface area contributed by atoms with Crippen molar-refractivity contribution in [3.05, 3.63) is 0 Å².